The molecule has 3 aliphatic rings. The predicted molar refractivity (Wildman–Crippen MR) is 164 cm³/mol. The van der Waals surface area contributed by atoms with E-state index in [0.717, 1.165) is 5.56 Å². The van der Waals surface area contributed by atoms with Gasteiger partial charge in [0.05, 0.1) is 30.3 Å². The number of carbonyl (C=O) groups is 1. The Kier molecular flexibility index (Phi) is 9.14. The van der Waals surface area contributed by atoms with Crippen molar-refractivity contribution in [2.24, 2.45) is 9.98 Å². The van der Waals surface area contributed by atoms with Crippen molar-refractivity contribution in [2.75, 3.05) is 40.1 Å². The van der Waals surface area contributed by atoms with Gasteiger partial charge in [-0.05, 0) is 31.4 Å². The van der Waals surface area contributed by atoms with Crippen LogP contribution in [0.4, 0.5) is 0 Å². The molecule has 5 rings (SSSR count). The molecular weight excluding hydrogens is 617 g/mol. The average molecular weight is 651 g/mol. The van der Waals surface area contributed by atoms with Crippen molar-refractivity contribution in [3.8, 4) is 0 Å². The molecule has 2 aromatic rings. The van der Waals surface area contributed by atoms with Crippen LogP contribution >= 0.6 is 23.2 Å². The number of halogens is 2. The van der Waals surface area contributed by atoms with E-state index < -0.39 is 20.5 Å². The second-order valence-electron chi connectivity index (χ2n) is 10.3. The summed E-state index contributed by atoms with van der Waals surface area (Å²) >= 11 is 13.7. The number of ether oxygens (including phenoxy) is 2. The van der Waals surface area contributed by atoms with Gasteiger partial charge in [-0.2, -0.15) is 9.51 Å². The Bertz CT molecular complexity index is 1790. The van der Waals surface area contributed by atoms with Gasteiger partial charge >= 0.3 is 0 Å². The highest BCUT2D eigenvalue weighted by atomic mass is 35.5. The Balaban J connectivity index is 1.50. The second-order valence-corrected chi connectivity index (χ2v) is 13.5. The molecule has 0 aromatic carbocycles. The number of aryl methyl sites for hydroxylation is 1. The van der Waals surface area contributed by atoms with E-state index >= 15 is 0 Å². The highest BCUT2D eigenvalue weighted by Crippen LogP contribution is 2.36. The minimum atomic E-state index is -3.37. The second kappa shape index (κ2) is 12.7. The number of pyridine rings is 1. The lowest BCUT2D eigenvalue weighted by Gasteiger charge is -2.31. The summed E-state index contributed by atoms with van der Waals surface area (Å²) in [6.07, 6.45) is 4.39. The summed E-state index contributed by atoms with van der Waals surface area (Å²) in [5.41, 5.74) is 2.39. The highest BCUT2D eigenvalue weighted by molar-refractivity contribution is 7.92. The van der Waals surface area contributed by atoms with E-state index in [4.69, 9.17) is 42.8 Å². The number of aliphatic imine (C=N–C) groups is 1. The van der Waals surface area contributed by atoms with Gasteiger partial charge in [0.2, 0.25) is 11.9 Å². The summed E-state index contributed by atoms with van der Waals surface area (Å²) in [6.45, 7) is 4.75. The molecule has 4 heterocycles. The van der Waals surface area contributed by atoms with Crippen molar-refractivity contribution in [1.29, 1.82) is 0 Å². The molecule has 1 aliphatic carbocycles. The fourth-order valence-corrected chi connectivity index (χ4v) is 8.08. The molecule has 1 atom stereocenters. The van der Waals surface area contributed by atoms with Gasteiger partial charge in [0.15, 0.2) is 26.8 Å². The number of allylic oxidation sites excluding steroid dienone is 3. The number of piperidine rings is 1. The van der Waals surface area contributed by atoms with E-state index in [1.165, 1.54) is 20.3 Å². The summed E-state index contributed by atoms with van der Waals surface area (Å²) < 4.78 is 38.9. The van der Waals surface area contributed by atoms with E-state index in [1.54, 1.807) is 22.5 Å². The van der Waals surface area contributed by atoms with Crippen molar-refractivity contribution >= 4 is 56.1 Å². The van der Waals surface area contributed by atoms with Crippen LogP contribution in [0.5, 0.6) is 0 Å². The minimum absolute atomic E-state index is 0.0105. The van der Waals surface area contributed by atoms with E-state index in [0.29, 0.717) is 95.6 Å². The molecule has 1 fully saturated rings. The Morgan fingerprint density at radius 2 is 2.02 bits per heavy atom. The van der Waals surface area contributed by atoms with Crippen LogP contribution in [-0.2, 0) is 37.1 Å². The number of hydrogen-bond acceptors (Lipinski definition) is 8. The zero-order valence-electron chi connectivity index (χ0n) is 24.1. The number of alkyl halides is 1. The maximum Gasteiger partial charge on any atom is 0.245 e. The van der Waals surface area contributed by atoms with Crippen LogP contribution in [0.3, 0.4) is 0 Å². The maximum atomic E-state index is 13.1. The Morgan fingerprint density at radius 3 is 2.67 bits per heavy atom. The quantitative estimate of drug-likeness (QED) is 0.334. The van der Waals surface area contributed by atoms with Crippen LogP contribution in [0.1, 0.15) is 30.7 Å². The summed E-state index contributed by atoms with van der Waals surface area (Å²) in [5, 5.41) is 7.64. The molecule has 12 nitrogen and oxygen atoms in total. The van der Waals surface area contributed by atoms with Crippen molar-refractivity contribution in [3.05, 3.63) is 63.4 Å². The fourth-order valence-electron chi connectivity index (χ4n) is 5.49. The molecule has 1 N–H and O–H groups in total. The van der Waals surface area contributed by atoms with Gasteiger partial charge in [0, 0.05) is 55.5 Å². The largest absolute Gasteiger partial charge is 0.499 e. The van der Waals surface area contributed by atoms with Gasteiger partial charge in [0.25, 0.3) is 0 Å². The number of nitrogens with zero attached hydrogens (tertiary/aromatic N) is 6. The molecule has 2 aromatic heterocycles. The SMILES string of the molecule is C=CC(=O)N1CCC(S(=O)(=O)CCCc2nc3c(=C4C(Cl)=C(OC)C=C(OC)C4Cl)cc4c(n3n2)=NC(=NC)NC4)CC1. The van der Waals surface area contributed by atoms with Crippen molar-refractivity contribution in [2.45, 2.75) is 42.9 Å². The van der Waals surface area contributed by atoms with E-state index in [-0.39, 0.29) is 11.7 Å². The first-order valence-electron chi connectivity index (χ1n) is 13.8. The smallest absolute Gasteiger partial charge is 0.245 e. The first-order valence-corrected chi connectivity index (χ1v) is 16.3. The van der Waals surface area contributed by atoms with E-state index in [1.807, 2.05) is 6.07 Å². The zero-order chi connectivity index (χ0) is 30.9. The predicted octanol–water partition coefficient (Wildman–Crippen LogP) is 1.36. The number of fused-ring (bicyclic) bond motifs is 3. The van der Waals surface area contributed by atoms with Crippen LogP contribution in [0.25, 0.3) is 11.2 Å². The molecule has 0 spiro atoms. The van der Waals surface area contributed by atoms with Crippen molar-refractivity contribution < 1.29 is 22.7 Å². The number of methoxy groups -OCH3 is 2. The molecule has 230 valence electrons. The molecule has 1 amide bonds. The van der Waals surface area contributed by atoms with Gasteiger partial charge in [-0.1, -0.05) is 18.2 Å². The lowest BCUT2D eigenvalue weighted by molar-refractivity contribution is -0.126. The fraction of sp³-hybridized carbons (Fsp3) is 0.464. The van der Waals surface area contributed by atoms with Gasteiger partial charge in [-0.3, -0.25) is 9.79 Å². The third kappa shape index (κ3) is 6.02. The molecular formula is C28H33Cl2N7O5S. The van der Waals surface area contributed by atoms with Gasteiger partial charge in [-0.25, -0.2) is 13.4 Å². The van der Waals surface area contributed by atoms with Crippen LogP contribution in [-0.4, -0.2) is 90.5 Å². The third-order valence-corrected chi connectivity index (χ3v) is 11.0. The Morgan fingerprint density at radius 1 is 1.28 bits per heavy atom. The van der Waals surface area contributed by atoms with Gasteiger partial charge in [0.1, 0.15) is 16.9 Å². The molecule has 43 heavy (non-hydrogen) atoms. The lowest BCUT2D eigenvalue weighted by Crippen LogP contribution is -2.42. The monoisotopic (exact) mass is 649 g/mol. The topological polar surface area (TPSA) is 140 Å². The number of nitrogens with one attached hydrogen (secondary N) is 1. The van der Waals surface area contributed by atoms with Gasteiger partial charge in [-0.15, -0.1) is 16.7 Å². The number of rotatable bonds is 8. The molecule has 0 radical (unpaired) electrons. The molecule has 0 saturated carbocycles. The zero-order valence-corrected chi connectivity index (χ0v) is 26.5. The normalized spacial score (nSPS) is 21.7. The van der Waals surface area contributed by atoms with Crippen LogP contribution in [0.15, 0.2) is 51.3 Å². The first kappa shape index (κ1) is 31.0. The summed E-state index contributed by atoms with van der Waals surface area (Å²) in [5.74, 6) is 1.58. The number of likely N-dealkylation sites (tertiary alicyclic amines) is 1. The minimum Gasteiger partial charge on any atom is -0.499 e. The molecule has 1 unspecified atom stereocenters. The number of hydrogen-bond donors (Lipinski definition) is 1. The standard InChI is InChI=1S/C28H33Cl2N7O5S/c1-5-22(38)36-10-8-17(9-11-36)43(39,40)12-6-7-21-33-27-18(23-24(29)19(41-3)14-20(42-4)25(23)30)13-16-15-32-28(31-2)34-26(16)37(27)35-21/h5,13-14,17,24H,1,6-12,15H2,2-4H3,(H,31,32). The number of aromatic nitrogens is 3. The Hall–Kier alpha value is -3.42. The molecule has 15 heteroatoms. The number of guanidine groups is 1. The third-order valence-electron chi connectivity index (χ3n) is 7.80. The molecule has 2 aliphatic heterocycles. The molecule has 0 bridgehead atoms. The van der Waals surface area contributed by atoms with Gasteiger partial charge < -0.3 is 19.7 Å². The summed E-state index contributed by atoms with van der Waals surface area (Å²) in [6, 6.07) is 1.92. The van der Waals surface area contributed by atoms with Crippen LogP contribution < -0.4 is 16.0 Å². The number of carbonyl (C=O) groups excluding carboxylic acids is 1. The maximum absolute atomic E-state index is 13.1. The lowest BCUT2D eigenvalue weighted by atomic mass is 10.0. The number of amides is 1. The molecule has 1 saturated heterocycles. The van der Waals surface area contributed by atoms with Crippen molar-refractivity contribution in [1.82, 2.24) is 24.8 Å². The van der Waals surface area contributed by atoms with E-state index in [2.05, 4.69) is 21.9 Å². The van der Waals surface area contributed by atoms with Crippen molar-refractivity contribution in [3.63, 3.8) is 0 Å². The summed E-state index contributed by atoms with van der Waals surface area (Å²) in [7, 11) is 1.31. The van der Waals surface area contributed by atoms with Crippen LogP contribution in [0.2, 0.25) is 0 Å². The van der Waals surface area contributed by atoms with E-state index in [9.17, 15) is 13.2 Å². The number of sulfone groups is 1. The summed E-state index contributed by atoms with van der Waals surface area (Å²) in [4.78, 5) is 27.1. The Labute approximate surface area is 259 Å². The highest BCUT2D eigenvalue weighted by Gasteiger charge is 2.32. The van der Waals surface area contributed by atoms with Crippen LogP contribution in [0, 0.1) is 0 Å². The first-order chi connectivity index (χ1) is 20.6. The average Bonchev–Trinajstić information content (AvgIpc) is 3.45.